The van der Waals surface area contributed by atoms with Gasteiger partial charge in [-0.05, 0) is 6.92 Å². The summed E-state index contributed by atoms with van der Waals surface area (Å²) in [6, 6.07) is 0. The maximum Gasteiger partial charge on any atom is 0.330 e. The molecule has 1 unspecified atom stereocenters. The van der Waals surface area contributed by atoms with Crippen LogP contribution in [0.5, 0.6) is 0 Å². The smallest absolute Gasteiger partial charge is 0.330 e. The lowest BCUT2D eigenvalue weighted by molar-refractivity contribution is -0.207. The Morgan fingerprint density at radius 2 is 2.33 bits per heavy atom. The fourth-order valence-electron chi connectivity index (χ4n) is 2.00. The molecule has 2 heterocycles. The average Bonchev–Trinajstić information content (AvgIpc) is 2.72. The monoisotopic (exact) mass is 337 g/mol. The second-order valence-electron chi connectivity index (χ2n) is 4.68. The van der Waals surface area contributed by atoms with Gasteiger partial charge in [0.2, 0.25) is 0 Å². The largest absolute Gasteiger partial charge is 0.649 e. The second kappa shape index (κ2) is 6.17. The fraction of sp³-hybridized carbons (Fsp3) is 0.600. The topological polar surface area (TPSA) is 137 Å². The van der Waals surface area contributed by atoms with Crippen LogP contribution in [0.15, 0.2) is 15.8 Å². The van der Waals surface area contributed by atoms with Crippen molar-refractivity contribution in [1.82, 2.24) is 9.55 Å². The van der Waals surface area contributed by atoms with E-state index in [1.54, 1.807) is 0 Å². The molecule has 21 heavy (non-hydrogen) atoms. The van der Waals surface area contributed by atoms with Gasteiger partial charge in [0, 0.05) is 18.2 Å². The molecule has 1 aliphatic heterocycles. The highest BCUT2D eigenvalue weighted by molar-refractivity contribution is 8.34. The first-order valence-corrected chi connectivity index (χ1v) is 8.60. The van der Waals surface area contributed by atoms with Gasteiger partial charge in [-0.2, -0.15) is 0 Å². The number of ether oxygens (including phenoxy) is 1. The van der Waals surface area contributed by atoms with Crippen LogP contribution < -0.4 is 16.1 Å². The fourth-order valence-corrected chi connectivity index (χ4v) is 2.52. The summed E-state index contributed by atoms with van der Waals surface area (Å²) < 4.78 is 11.1. The van der Waals surface area contributed by atoms with Crippen molar-refractivity contribution < 1.29 is 24.2 Å². The lowest BCUT2D eigenvalue weighted by atomic mass is 10.2. The molecule has 0 amide bonds. The first-order chi connectivity index (χ1) is 9.67. The molecule has 3 N–H and O–H groups in total. The van der Waals surface area contributed by atoms with Gasteiger partial charge < -0.3 is 27.0 Å². The lowest BCUT2D eigenvalue weighted by Crippen LogP contribution is -2.33. The predicted octanol–water partition coefficient (Wildman–Crippen LogP) is -1.91. The molecule has 1 fully saturated rings. The standard InChI is InChI=1S/C10H15N2O7PS/c1-5-3-12(10(15)11-9(5)14)8-2-6(13)7(19-8)4-18-20(16,17)21/h3,6-8,13H,2,4H2,1H3,(H,11,14,15)(H2,16,17,21)/p-1/t6-,7+,8+/m0/s1. The third-order valence-electron chi connectivity index (χ3n) is 3.06. The number of H-pyrrole nitrogens is 1. The Morgan fingerprint density at radius 1 is 1.67 bits per heavy atom. The van der Waals surface area contributed by atoms with E-state index in [1.807, 2.05) is 0 Å². The van der Waals surface area contributed by atoms with Crippen LogP contribution in [0.4, 0.5) is 0 Å². The van der Waals surface area contributed by atoms with Gasteiger partial charge in [0.15, 0.2) is 0 Å². The van der Waals surface area contributed by atoms with Crippen LogP contribution in [0.2, 0.25) is 0 Å². The summed E-state index contributed by atoms with van der Waals surface area (Å²) in [5.41, 5.74) is -0.847. The van der Waals surface area contributed by atoms with Gasteiger partial charge in [-0.3, -0.25) is 14.3 Å². The maximum atomic E-state index is 11.7. The molecule has 11 heteroatoms. The Hall–Kier alpha value is -0.740. The normalized spacial score (nSPS) is 28.5. The molecule has 1 saturated heterocycles. The van der Waals surface area contributed by atoms with Crippen LogP contribution in [0.25, 0.3) is 0 Å². The van der Waals surface area contributed by atoms with Gasteiger partial charge in [0.25, 0.3) is 5.56 Å². The highest BCUT2D eigenvalue weighted by Crippen LogP contribution is 2.44. The van der Waals surface area contributed by atoms with E-state index >= 15 is 0 Å². The summed E-state index contributed by atoms with van der Waals surface area (Å²) in [7, 11) is -4.08. The third-order valence-corrected chi connectivity index (χ3v) is 3.85. The number of aromatic amines is 1. The quantitative estimate of drug-likeness (QED) is 0.427. The van der Waals surface area contributed by atoms with Crippen molar-refractivity contribution in [2.75, 3.05) is 6.61 Å². The summed E-state index contributed by atoms with van der Waals surface area (Å²) in [5.74, 6) is 0. The number of hydrogen-bond donors (Lipinski definition) is 3. The summed E-state index contributed by atoms with van der Waals surface area (Å²) in [5, 5.41) is 9.83. The van der Waals surface area contributed by atoms with Crippen molar-refractivity contribution in [3.63, 3.8) is 0 Å². The van der Waals surface area contributed by atoms with Crippen molar-refractivity contribution in [2.24, 2.45) is 0 Å². The lowest BCUT2D eigenvalue weighted by Gasteiger charge is -2.28. The minimum absolute atomic E-state index is 0.0760. The number of nitrogens with one attached hydrogen (secondary N) is 1. The molecule has 1 aromatic rings. The van der Waals surface area contributed by atoms with Gasteiger partial charge in [0.05, 0.1) is 6.10 Å². The molecule has 0 saturated carbocycles. The number of aliphatic hydroxyl groups excluding tert-OH is 1. The highest BCUT2D eigenvalue weighted by Gasteiger charge is 2.36. The van der Waals surface area contributed by atoms with E-state index in [1.165, 1.54) is 13.1 Å². The molecule has 0 aromatic carbocycles. The zero-order valence-corrected chi connectivity index (χ0v) is 12.7. The van der Waals surface area contributed by atoms with Crippen LogP contribution in [0, 0.1) is 6.92 Å². The third kappa shape index (κ3) is 4.13. The van der Waals surface area contributed by atoms with Gasteiger partial charge >= 0.3 is 5.69 Å². The molecule has 1 aromatic heterocycles. The maximum absolute atomic E-state index is 11.7. The number of aryl methyl sites for hydroxylation is 1. The molecule has 2 rings (SSSR count). The van der Waals surface area contributed by atoms with E-state index < -0.39 is 36.8 Å². The van der Waals surface area contributed by atoms with Crippen molar-refractivity contribution in [2.45, 2.75) is 31.8 Å². The van der Waals surface area contributed by atoms with E-state index in [0.717, 1.165) is 4.57 Å². The second-order valence-corrected chi connectivity index (χ2v) is 7.25. The van der Waals surface area contributed by atoms with E-state index in [0.29, 0.717) is 5.56 Å². The Bertz CT molecular complexity index is 625. The Morgan fingerprint density at radius 3 is 2.95 bits per heavy atom. The number of hydrogen-bond acceptors (Lipinski definition) is 8. The van der Waals surface area contributed by atoms with Crippen LogP contribution in [-0.4, -0.2) is 38.4 Å². The van der Waals surface area contributed by atoms with E-state index in [2.05, 4.69) is 21.8 Å². The molecule has 0 aliphatic carbocycles. The molecular formula is C10H14N2O7PS-. The van der Waals surface area contributed by atoms with Crippen molar-refractivity contribution >= 4 is 19.4 Å². The van der Waals surface area contributed by atoms with Crippen molar-refractivity contribution in [1.29, 1.82) is 0 Å². The minimum atomic E-state index is -4.08. The van der Waals surface area contributed by atoms with Gasteiger partial charge in [-0.25, -0.2) is 14.2 Å². The number of nitrogens with zero attached hydrogens (tertiary/aromatic N) is 1. The summed E-state index contributed by atoms with van der Waals surface area (Å²) in [6.07, 6.45) is -1.29. The SMILES string of the molecule is Cc1cn([C@H]2C[C@H](O)[C@@H](CO[P+]([O-])(O)[S-])O2)c(=O)[nH]c1=O. The number of aliphatic hydroxyl groups is 1. The summed E-state index contributed by atoms with van der Waals surface area (Å²) in [6.45, 7) is 1.16. The zero-order chi connectivity index (χ0) is 15.8. The first-order valence-electron chi connectivity index (χ1n) is 6.01. The first kappa shape index (κ1) is 16.6. The van der Waals surface area contributed by atoms with E-state index in [4.69, 9.17) is 9.63 Å². The highest BCUT2D eigenvalue weighted by atomic mass is 32.7. The zero-order valence-electron chi connectivity index (χ0n) is 11.0. The van der Waals surface area contributed by atoms with Gasteiger partial charge in [0.1, 0.15) is 26.1 Å². The Kier molecular flexibility index (Phi) is 4.89. The minimum Gasteiger partial charge on any atom is -0.649 e. The van der Waals surface area contributed by atoms with E-state index in [9.17, 15) is 19.6 Å². The molecule has 0 spiro atoms. The number of aromatic nitrogens is 2. The Balaban J connectivity index is 2.12. The van der Waals surface area contributed by atoms with E-state index in [-0.39, 0.29) is 13.0 Å². The predicted molar refractivity (Wildman–Crippen MR) is 73.0 cm³/mol. The molecular weight excluding hydrogens is 323 g/mol. The van der Waals surface area contributed by atoms with Gasteiger partial charge in [-0.1, -0.05) is 0 Å². The molecule has 9 nitrogen and oxygen atoms in total. The summed E-state index contributed by atoms with van der Waals surface area (Å²) >= 11 is 4.19. The molecule has 1 aliphatic rings. The van der Waals surface area contributed by atoms with Crippen LogP contribution >= 0.6 is 7.15 Å². The number of rotatable bonds is 4. The molecule has 0 radical (unpaired) electrons. The van der Waals surface area contributed by atoms with Crippen LogP contribution in [-0.2, 0) is 21.5 Å². The Labute approximate surface area is 124 Å². The average molecular weight is 337 g/mol. The van der Waals surface area contributed by atoms with Crippen LogP contribution in [0.1, 0.15) is 18.2 Å². The molecule has 0 bridgehead atoms. The van der Waals surface area contributed by atoms with Crippen molar-refractivity contribution in [3.8, 4) is 0 Å². The van der Waals surface area contributed by atoms with Gasteiger partial charge in [-0.15, -0.1) is 0 Å². The molecule has 4 atom stereocenters. The summed E-state index contributed by atoms with van der Waals surface area (Å²) in [4.78, 5) is 44.9. The molecule has 118 valence electrons. The van der Waals surface area contributed by atoms with Crippen LogP contribution in [0.3, 0.4) is 0 Å². The van der Waals surface area contributed by atoms with Crippen molar-refractivity contribution in [3.05, 3.63) is 32.6 Å².